The number of carbonyl (C=O) groups is 2. The molecule has 0 saturated heterocycles. The van der Waals surface area contributed by atoms with Crippen molar-refractivity contribution >= 4 is 66.4 Å². The topological polar surface area (TPSA) is 192 Å². The Morgan fingerprint density at radius 1 is 0.729 bits per heavy atom. The first-order valence-electron chi connectivity index (χ1n) is 13.1. The van der Waals surface area contributed by atoms with Crippen molar-refractivity contribution in [2.75, 3.05) is 10.6 Å². The number of nitro groups is 2. The molecule has 0 aliphatic rings. The van der Waals surface area contributed by atoms with E-state index in [1.807, 2.05) is 52.0 Å². The van der Waals surface area contributed by atoms with Gasteiger partial charge in [0.2, 0.25) is 5.82 Å². The van der Waals surface area contributed by atoms with Crippen LogP contribution in [-0.2, 0) is 0 Å². The van der Waals surface area contributed by atoms with Gasteiger partial charge >= 0.3 is 35.2 Å². The molecular weight excluding hydrogens is 766 g/mol. The second kappa shape index (κ2) is 18.7. The Labute approximate surface area is 313 Å². The number of nitro benzene ring substituents is 2. The van der Waals surface area contributed by atoms with E-state index in [1.165, 1.54) is 18.2 Å². The number of carbonyl (C=O) groups excluding carboxylic acids is 2. The molecule has 0 saturated carbocycles. The van der Waals surface area contributed by atoms with Gasteiger partial charge in [0.25, 0.3) is 17.5 Å². The fourth-order valence-corrected chi connectivity index (χ4v) is 5.67. The number of rotatable bonds is 6. The molecule has 0 aromatic heterocycles. The Morgan fingerprint density at radius 3 is 1.44 bits per heavy atom. The van der Waals surface area contributed by atoms with Crippen LogP contribution >= 0.6 is 31.9 Å². The number of halogens is 3. The Bertz CT molecular complexity index is 1920. The summed E-state index contributed by atoms with van der Waals surface area (Å²) in [5, 5.41) is 42.3. The van der Waals surface area contributed by atoms with Crippen LogP contribution < -0.4 is 40.2 Å². The summed E-state index contributed by atoms with van der Waals surface area (Å²) >= 11 is 6.74. The van der Waals surface area contributed by atoms with E-state index in [1.54, 1.807) is 6.07 Å². The van der Waals surface area contributed by atoms with Crippen molar-refractivity contribution in [1.29, 1.82) is 10.5 Å². The van der Waals surface area contributed by atoms with Crippen molar-refractivity contribution in [2.45, 2.75) is 27.7 Å². The molecule has 0 spiro atoms. The molecule has 0 heterocycles. The Balaban J connectivity index is 0.000000448. The first-order valence-corrected chi connectivity index (χ1v) is 14.7. The normalized spacial score (nSPS) is 9.58. The monoisotopic (exact) mass is 788 g/mol. The van der Waals surface area contributed by atoms with Gasteiger partial charge in [0.15, 0.2) is 0 Å². The predicted molar refractivity (Wildman–Crippen MR) is 179 cm³/mol. The first-order chi connectivity index (χ1) is 22.1. The average molecular weight is 790 g/mol. The van der Waals surface area contributed by atoms with Crippen LogP contribution in [0.25, 0.3) is 0 Å². The van der Waals surface area contributed by atoms with Gasteiger partial charge in [-0.15, -0.1) is 0 Å². The fourth-order valence-electron chi connectivity index (χ4n) is 4.30. The molecule has 4 aromatic rings. The maximum Gasteiger partial charge on any atom is 1.00 e. The van der Waals surface area contributed by atoms with Crippen LogP contribution in [0.3, 0.4) is 0 Å². The second-order valence-electron chi connectivity index (χ2n) is 9.76. The number of nitriles is 1. The molecule has 2 N–H and O–H groups in total. The molecule has 16 heteroatoms. The number of aryl methyl sites for hydroxylation is 4. The van der Waals surface area contributed by atoms with Crippen LogP contribution in [0.2, 0.25) is 0 Å². The number of hydrogen-bond donors (Lipinski definition) is 2. The Hall–Kier alpha value is -4.51. The largest absolute Gasteiger partial charge is 1.00 e. The summed E-state index contributed by atoms with van der Waals surface area (Å²) in [5.41, 5.74) is 3.66. The van der Waals surface area contributed by atoms with Crippen LogP contribution in [0.1, 0.15) is 48.5 Å². The number of anilines is 2. The van der Waals surface area contributed by atoms with Crippen molar-refractivity contribution in [1.82, 2.24) is 0 Å². The van der Waals surface area contributed by atoms with Crippen molar-refractivity contribution in [2.24, 2.45) is 0 Å². The van der Waals surface area contributed by atoms with E-state index in [0.717, 1.165) is 49.4 Å². The minimum Gasteiger partial charge on any atom is -0.512 e. The second-order valence-corrected chi connectivity index (χ2v) is 11.6. The van der Waals surface area contributed by atoms with E-state index >= 15 is 0 Å². The van der Waals surface area contributed by atoms with Crippen LogP contribution in [0.4, 0.5) is 27.1 Å². The van der Waals surface area contributed by atoms with Gasteiger partial charge in [-0.2, -0.15) is 9.65 Å². The van der Waals surface area contributed by atoms with Crippen LogP contribution in [0, 0.1) is 76.9 Å². The van der Waals surface area contributed by atoms with E-state index in [9.17, 15) is 34.2 Å². The molecule has 4 aromatic carbocycles. The van der Waals surface area contributed by atoms with Gasteiger partial charge in [-0.25, -0.2) is 0 Å². The molecular formula is C32H24Br2FN6NaO6. The maximum absolute atomic E-state index is 13.3. The summed E-state index contributed by atoms with van der Waals surface area (Å²) in [5.74, 6) is -1.97. The molecule has 0 unspecified atom stereocenters. The summed E-state index contributed by atoms with van der Waals surface area (Å²) in [6.45, 7) is 12.1. The molecule has 2 amide bonds. The van der Waals surface area contributed by atoms with Crippen molar-refractivity contribution < 1.29 is 53.4 Å². The molecule has 0 aliphatic heterocycles. The molecule has 4 rings (SSSR count). The summed E-state index contributed by atoms with van der Waals surface area (Å²) in [4.78, 5) is 44.7. The molecule has 12 nitrogen and oxygen atoms in total. The number of nitrogens with one attached hydrogen (secondary N) is 2. The molecule has 0 atom stereocenters. The smallest absolute Gasteiger partial charge is 0.512 e. The standard InChI is InChI=1S/C16H12BrN3O3.C15H12BrFN2O3.CN.Na/c1-9-5-13(17)6-10(2)15(9)19-16(21)11-3-4-12(8-18)14(7-11)20(22)23;1-8-5-11(16)6-9(2)14(8)18-15(20)10-3-4-12(17)13(7-10)19(21)22;1-2;/h3-7H,1-2H3,(H,19,21);3-7H,1-2H3,(H,18,20);;/q;;-1;+1. The minimum atomic E-state index is -0.974. The van der Waals surface area contributed by atoms with Crippen LogP contribution in [-0.4, -0.2) is 21.7 Å². The van der Waals surface area contributed by atoms with Gasteiger partial charge in [-0.1, -0.05) is 31.9 Å². The molecule has 48 heavy (non-hydrogen) atoms. The first kappa shape index (κ1) is 41.5. The molecule has 240 valence electrons. The summed E-state index contributed by atoms with van der Waals surface area (Å²) in [6.07, 6.45) is 0. The van der Waals surface area contributed by atoms with Gasteiger partial charge in [0, 0.05) is 43.6 Å². The maximum atomic E-state index is 13.3. The van der Waals surface area contributed by atoms with Gasteiger partial charge in [-0.05, 0) is 98.5 Å². The van der Waals surface area contributed by atoms with E-state index in [0.29, 0.717) is 11.4 Å². The molecule has 0 bridgehead atoms. The van der Waals surface area contributed by atoms with Gasteiger partial charge in [0.1, 0.15) is 11.6 Å². The number of amides is 2. The van der Waals surface area contributed by atoms with Gasteiger partial charge in [-0.3, -0.25) is 29.8 Å². The zero-order valence-corrected chi connectivity index (χ0v) is 31.3. The predicted octanol–water partition coefficient (Wildman–Crippen LogP) is 5.56. The summed E-state index contributed by atoms with van der Waals surface area (Å²) < 4.78 is 15.1. The van der Waals surface area contributed by atoms with E-state index in [4.69, 9.17) is 17.1 Å². The zero-order chi connectivity index (χ0) is 35.6. The van der Waals surface area contributed by atoms with Crippen LogP contribution in [0.5, 0.6) is 0 Å². The quantitative estimate of drug-likeness (QED) is 0.110. The summed E-state index contributed by atoms with van der Waals surface area (Å²) in [6, 6.07) is 16.0. The molecule has 0 radical (unpaired) electrons. The molecule has 0 aliphatic carbocycles. The SMILES string of the molecule is Cc1cc(Br)cc(C)c1NC(=O)c1ccc(C#N)c([N+](=O)[O-])c1.Cc1cc(Br)cc(C)c1NC(=O)c1ccc(F)c([N+](=O)[O-])c1.[C-]#N.[Na+]. The Morgan fingerprint density at radius 2 is 1.08 bits per heavy atom. The van der Waals surface area contributed by atoms with E-state index in [2.05, 4.69) is 42.5 Å². The van der Waals surface area contributed by atoms with Gasteiger partial charge in [0.05, 0.1) is 9.85 Å². The summed E-state index contributed by atoms with van der Waals surface area (Å²) in [7, 11) is 0. The number of nitrogens with zero attached hydrogens (tertiary/aromatic N) is 4. The number of benzene rings is 4. The zero-order valence-electron chi connectivity index (χ0n) is 26.1. The minimum absolute atomic E-state index is 0. The third-order valence-corrected chi connectivity index (χ3v) is 7.37. The fraction of sp³-hybridized carbons (Fsp3) is 0.125. The Kier molecular flexibility index (Phi) is 16.2. The number of hydrogen-bond acceptors (Lipinski definition) is 8. The van der Waals surface area contributed by atoms with Gasteiger partial charge < -0.3 is 22.5 Å². The molecule has 0 fully saturated rings. The third kappa shape index (κ3) is 10.8. The van der Waals surface area contributed by atoms with Crippen molar-refractivity contribution in [3.05, 3.63) is 141 Å². The van der Waals surface area contributed by atoms with Crippen molar-refractivity contribution in [3.63, 3.8) is 0 Å². The van der Waals surface area contributed by atoms with Crippen LogP contribution in [0.15, 0.2) is 69.6 Å². The van der Waals surface area contributed by atoms with E-state index in [-0.39, 0.29) is 51.9 Å². The average Bonchev–Trinajstić information content (AvgIpc) is 3.01. The van der Waals surface area contributed by atoms with E-state index < -0.39 is 33.2 Å². The van der Waals surface area contributed by atoms with Crippen molar-refractivity contribution in [3.8, 4) is 6.07 Å². The third-order valence-electron chi connectivity index (χ3n) is 6.45.